The molecule has 4 aliphatic heterocycles. The molecule has 1 unspecified atom stereocenters. The van der Waals surface area contributed by atoms with Gasteiger partial charge in [0.05, 0.1) is 13.7 Å². The Hall–Kier alpha value is -7.28. The van der Waals surface area contributed by atoms with Crippen molar-refractivity contribution in [2.75, 3.05) is 26.9 Å². The summed E-state index contributed by atoms with van der Waals surface area (Å²) in [5.74, 6) is -4.25. The Labute approximate surface area is 441 Å². The Kier molecular flexibility index (Phi) is 17.9. The van der Waals surface area contributed by atoms with Gasteiger partial charge in [-0.3, -0.25) is 0 Å². The van der Waals surface area contributed by atoms with E-state index < -0.39 is 147 Å². The topological polar surface area (TPSA) is 410 Å². The first-order valence-electron chi connectivity index (χ1n) is 23.9. The van der Waals surface area contributed by atoms with Crippen LogP contribution in [0, 0.1) is 0 Å². The molecule has 0 aromatic heterocycles. The van der Waals surface area contributed by atoms with E-state index >= 15 is 0 Å². The van der Waals surface area contributed by atoms with Gasteiger partial charge in [0, 0.05) is 35.4 Å². The molecule has 4 heterocycles. The zero-order chi connectivity index (χ0) is 56.1. The zero-order valence-electron chi connectivity index (χ0n) is 40.8. The van der Waals surface area contributed by atoms with Crippen LogP contribution in [0.1, 0.15) is 16.7 Å². The second-order valence-corrected chi connectivity index (χ2v) is 18.2. The van der Waals surface area contributed by atoms with Crippen LogP contribution in [-0.2, 0) is 52.2 Å². The number of methoxy groups -OCH3 is 1. The minimum Gasteiger partial charge on any atom is -0.508 e. The van der Waals surface area contributed by atoms with Crippen molar-refractivity contribution in [1.29, 1.82) is 0 Å². The number of aliphatic hydroxyl groups excluding tert-OH is 10. The molecule has 0 bridgehead atoms. The Balaban J connectivity index is 1.10. The number of benzene rings is 3. The van der Waals surface area contributed by atoms with Crippen molar-refractivity contribution in [2.24, 2.45) is 0 Å². The fourth-order valence-corrected chi connectivity index (χ4v) is 8.52. The van der Waals surface area contributed by atoms with Crippen molar-refractivity contribution in [3.63, 3.8) is 0 Å². The van der Waals surface area contributed by atoms with Crippen LogP contribution in [-0.4, -0.2) is 209 Å². The second-order valence-electron chi connectivity index (χ2n) is 18.2. The number of carbonyl (C=O) groups excluding carboxylic acids is 2. The van der Waals surface area contributed by atoms with E-state index in [1.165, 1.54) is 86.0 Å². The molecule has 78 heavy (non-hydrogen) atoms. The van der Waals surface area contributed by atoms with Gasteiger partial charge in [-0.15, -0.1) is 0 Å². The summed E-state index contributed by atoms with van der Waals surface area (Å²) in [5.41, 5.74) is 0.912. The van der Waals surface area contributed by atoms with E-state index in [9.17, 15) is 81.1 Å². The monoisotopic (exact) mass is 1100 g/mol. The number of carbonyl (C=O) groups is 2. The Morgan fingerprint density at radius 3 is 1.77 bits per heavy atom. The zero-order valence-corrected chi connectivity index (χ0v) is 40.8. The Bertz CT molecular complexity index is 2820. The average molecular weight is 1100 g/mol. The van der Waals surface area contributed by atoms with Crippen LogP contribution in [0.3, 0.4) is 0 Å². The van der Waals surface area contributed by atoms with Gasteiger partial charge in [-0.1, -0.05) is 12.1 Å². The summed E-state index contributed by atoms with van der Waals surface area (Å²) in [6.07, 6.45) is -21.5. The largest absolute Gasteiger partial charge is 0.508 e. The van der Waals surface area contributed by atoms with Gasteiger partial charge in [-0.05, 0) is 77.9 Å². The molecule has 5 aliphatic rings. The Morgan fingerprint density at radius 1 is 0.590 bits per heavy atom. The van der Waals surface area contributed by atoms with E-state index in [1.807, 2.05) is 0 Å². The summed E-state index contributed by atoms with van der Waals surface area (Å²) < 4.78 is 58.0. The number of fused-ring (bicyclic) bond motifs is 1. The van der Waals surface area contributed by atoms with Crippen LogP contribution in [0.25, 0.3) is 17.9 Å². The summed E-state index contributed by atoms with van der Waals surface area (Å²) in [6, 6.07) is 13.3. The summed E-state index contributed by atoms with van der Waals surface area (Å²) in [5, 5.41) is 149. The predicted octanol–water partition coefficient (Wildman–Crippen LogP) is -1.16. The number of hydrogen-bond donors (Lipinski definition) is 14. The van der Waals surface area contributed by atoms with Gasteiger partial charge >= 0.3 is 11.9 Å². The third-order valence-electron chi connectivity index (χ3n) is 12.8. The molecular formula is C52H56O26. The van der Waals surface area contributed by atoms with Gasteiger partial charge in [0.2, 0.25) is 12.6 Å². The standard InChI is InChI=1S/C52H56O26/c1-69-33-15-23(3-11-29(33)57)5-13-39(60)71-21-37-42(63)45(66)49(78-51-47(68)44(65)41(62)36(76-51)20-70-38(59)12-4-22-2-10-28(56)30(58)14-22)52(77-37)74-34-18-27-31(72-48(34)24-6-8-25(54)9-7-24)16-26(55)17-32(27)73-50-46(67)43(64)40(61)35(19-53)75-50/h2-18,31,35-37,40-47,49-58,61-68H,19-21H2,1H3/b12-4+,13-5+/t31?,35-,36-,37-,40-,41-,42-,43+,44+,45+,46-,47-,49-,50-,51+,52-/m1/s1. The predicted molar refractivity (Wildman–Crippen MR) is 259 cm³/mol. The molecule has 0 radical (unpaired) electrons. The van der Waals surface area contributed by atoms with Gasteiger partial charge in [-0.2, -0.15) is 0 Å². The highest BCUT2D eigenvalue weighted by Crippen LogP contribution is 2.41. The van der Waals surface area contributed by atoms with Gasteiger partial charge in [0.15, 0.2) is 46.9 Å². The van der Waals surface area contributed by atoms with Gasteiger partial charge in [-0.25, -0.2) is 9.59 Å². The van der Waals surface area contributed by atoms with Gasteiger partial charge in [0.1, 0.15) is 104 Å². The molecule has 3 saturated heterocycles. The molecule has 3 fully saturated rings. The van der Waals surface area contributed by atoms with E-state index in [0.717, 1.165) is 24.3 Å². The van der Waals surface area contributed by atoms with Crippen molar-refractivity contribution in [3.05, 3.63) is 131 Å². The number of rotatable bonds is 17. The normalized spacial score (nSPS) is 32.1. The maximum absolute atomic E-state index is 13.0. The SMILES string of the molecule is COc1cc(/C=C/C(=O)OC[C@H]2O[C@@H](OC3=C(c4ccc(O)cc4)OC4C=C(O)C=C(O[C@@H]5O[C@H](CO)[C@@H](O)[C@H](O)[C@H]5O)C4=C3)[C@H](O[C@@H]3O[C@H](COC(=O)/C=C/c4ccc(O)c(O)c4)[C@@H](O)[C@H](O)[C@H]3O)[C@@H](O)[C@@H]2O)ccc1O. The van der Waals surface area contributed by atoms with Crippen molar-refractivity contribution in [2.45, 2.75) is 98.2 Å². The highest BCUT2D eigenvalue weighted by Gasteiger charge is 2.53. The van der Waals surface area contributed by atoms with Crippen LogP contribution in [0.4, 0.5) is 0 Å². The maximum atomic E-state index is 13.0. The molecule has 0 amide bonds. The molecule has 3 aromatic rings. The lowest BCUT2D eigenvalue weighted by Gasteiger charge is -2.46. The molecule has 3 aromatic carbocycles. The number of aromatic hydroxyl groups is 4. The quantitative estimate of drug-likeness (QED) is 0.0430. The molecule has 26 nitrogen and oxygen atoms in total. The molecule has 16 atom stereocenters. The molecule has 26 heteroatoms. The van der Waals surface area contributed by atoms with Crippen molar-refractivity contribution in [1.82, 2.24) is 0 Å². The highest BCUT2D eigenvalue weighted by atomic mass is 16.8. The first-order valence-corrected chi connectivity index (χ1v) is 23.9. The third-order valence-corrected chi connectivity index (χ3v) is 12.8. The number of phenolic OH excluding ortho intramolecular Hbond substituents is 4. The van der Waals surface area contributed by atoms with E-state index in [0.29, 0.717) is 5.56 Å². The van der Waals surface area contributed by atoms with Crippen LogP contribution in [0.15, 0.2) is 114 Å². The first kappa shape index (κ1) is 56.9. The van der Waals surface area contributed by atoms with Gasteiger partial charge < -0.3 is 119 Å². The maximum Gasteiger partial charge on any atom is 0.330 e. The summed E-state index contributed by atoms with van der Waals surface area (Å²) in [7, 11) is 1.33. The van der Waals surface area contributed by atoms with Crippen LogP contribution < -0.4 is 4.74 Å². The second kappa shape index (κ2) is 24.6. The first-order chi connectivity index (χ1) is 37.2. The average Bonchev–Trinajstić information content (AvgIpc) is 3.48. The fourth-order valence-electron chi connectivity index (χ4n) is 8.52. The van der Waals surface area contributed by atoms with Crippen LogP contribution in [0.5, 0.6) is 28.7 Å². The number of phenols is 4. The number of aliphatic hydroxyl groups is 10. The lowest BCUT2D eigenvalue weighted by atomic mass is 9.96. The van der Waals surface area contributed by atoms with Crippen LogP contribution in [0.2, 0.25) is 0 Å². The number of hydrogen-bond acceptors (Lipinski definition) is 26. The molecule has 1 aliphatic carbocycles. The van der Waals surface area contributed by atoms with E-state index in [2.05, 4.69) is 0 Å². The van der Waals surface area contributed by atoms with Crippen LogP contribution >= 0.6 is 0 Å². The number of ether oxygens (including phenoxy) is 10. The molecule has 14 N–H and O–H groups in total. The smallest absolute Gasteiger partial charge is 0.330 e. The van der Waals surface area contributed by atoms with Crippen molar-refractivity contribution < 1.29 is 128 Å². The number of esters is 2. The molecular weight excluding hydrogens is 1040 g/mol. The lowest BCUT2D eigenvalue weighted by molar-refractivity contribution is -0.363. The summed E-state index contributed by atoms with van der Waals surface area (Å²) >= 11 is 0. The molecule has 420 valence electrons. The third kappa shape index (κ3) is 12.8. The molecule has 8 rings (SSSR count). The number of allylic oxidation sites excluding steroid dienone is 2. The summed E-state index contributed by atoms with van der Waals surface area (Å²) in [4.78, 5) is 25.8. The minimum absolute atomic E-state index is 0.0104. The molecule has 0 saturated carbocycles. The highest BCUT2D eigenvalue weighted by molar-refractivity contribution is 5.87. The van der Waals surface area contributed by atoms with E-state index in [4.69, 9.17) is 47.4 Å². The van der Waals surface area contributed by atoms with Crippen molar-refractivity contribution in [3.8, 4) is 28.7 Å². The van der Waals surface area contributed by atoms with Gasteiger partial charge in [0.25, 0.3) is 0 Å². The fraction of sp³-hybridized carbons (Fsp3) is 0.385. The lowest BCUT2D eigenvalue weighted by Crippen LogP contribution is -2.64. The molecule has 0 spiro atoms. The minimum atomic E-state index is -2.13. The van der Waals surface area contributed by atoms with E-state index in [-0.39, 0.29) is 51.2 Å². The summed E-state index contributed by atoms with van der Waals surface area (Å²) in [6.45, 7) is -2.35. The Morgan fingerprint density at radius 2 is 1.15 bits per heavy atom. The van der Waals surface area contributed by atoms with E-state index in [1.54, 1.807) is 0 Å². The van der Waals surface area contributed by atoms with Crippen molar-refractivity contribution >= 4 is 29.8 Å².